The summed E-state index contributed by atoms with van der Waals surface area (Å²) in [6, 6.07) is 10.3. The Balaban J connectivity index is 2.13. The van der Waals surface area contributed by atoms with E-state index >= 15 is 0 Å². The number of aromatic nitrogens is 2. The Morgan fingerprint density at radius 3 is 2.81 bits per heavy atom. The molecule has 0 saturated heterocycles. The predicted molar refractivity (Wildman–Crippen MR) is 89.2 cm³/mol. The van der Waals surface area contributed by atoms with Crippen molar-refractivity contribution in [3.63, 3.8) is 0 Å². The van der Waals surface area contributed by atoms with Crippen molar-refractivity contribution >= 4 is 33.1 Å². The first kappa shape index (κ1) is 14.0. The molecule has 0 aliphatic rings. The van der Waals surface area contributed by atoms with Gasteiger partial charge in [-0.3, -0.25) is 0 Å². The number of fused-ring (bicyclic) bond motifs is 1. The minimum Gasteiger partial charge on any atom is -0.329 e. The van der Waals surface area contributed by atoms with E-state index < -0.39 is 0 Å². The van der Waals surface area contributed by atoms with Gasteiger partial charge < -0.3 is 10.6 Å². The molecular weight excluding hydrogens is 280 g/mol. The van der Waals surface area contributed by atoms with Gasteiger partial charge in [-0.1, -0.05) is 25.1 Å². The molecule has 2 aromatic heterocycles. The summed E-state index contributed by atoms with van der Waals surface area (Å²) in [5, 5.41) is 1.11. The van der Waals surface area contributed by atoms with Gasteiger partial charge in [0.25, 0.3) is 0 Å². The number of hydrogen-bond acceptors (Lipinski definition) is 5. The topological polar surface area (TPSA) is 55.0 Å². The largest absolute Gasteiger partial charge is 0.329 e. The fourth-order valence-electron chi connectivity index (χ4n) is 2.46. The van der Waals surface area contributed by atoms with Gasteiger partial charge in [-0.15, -0.1) is 11.3 Å². The van der Waals surface area contributed by atoms with Gasteiger partial charge in [0.1, 0.15) is 17.0 Å². The second kappa shape index (κ2) is 5.79. The third kappa shape index (κ3) is 2.50. The molecule has 0 radical (unpaired) electrons. The maximum absolute atomic E-state index is 5.85. The van der Waals surface area contributed by atoms with E-state index in [0.29, 0.717) is 6.54 Å². The molecule has 0 bridgehead atoms. The van der Waals surface area contributed by atoms with Crippen LogP contribution in [0, 0.1) is 0 Å². The minimum atomic E-state index is 0.512. The van der Waals surface area contributed by atoms with Gasteiger partial charge in [0, 0.05) is 24.2 Å². The summed E-state index contributed by atoms with van der Waals surface area (Å²) in [6.45, 7) is 2.67. The van der Waals surface area contributed by atoms with Gasteiger partial charge in [-0.25, -0.2) is 9.97 Å². The molecule has 0 fully saturated rings. The number of anilines is 2. The van der Waals surface area contributed by atoms with E-state index in [1.807, 2.05) is 19.2 Å². The van der Waals surface area contributed by atoms with Crippen LogP contribution in [-0.2, 0) is 13.0 Å². The Morgan fingerprint density at radius 1 is 1.24 bits per heavy atom. The minimum absolute atomic E-state index is 0.512. The molecule has 0 aliphatic heterocycles. The molecule has 0 aliphatic carbocycles. The van der Waals surface area contributed by atoms with Crippen LogP contribution in [0.3, 0.4) is 0 Å². The fourth-order valence-corrected chi connectivity index (χ4v) is 3.39. The summed E-state index contributed by atoms with van der Waals surface area (Å²) in [7, 11) is 2.03. The van der Waals surface area contributed by atoms with E-state index in [-0.39, 0.29) is 0 Å². The lowest BCUT2D eigenvalue weighted by atomic mass is 10.1. The van der Waals surface area contributed by atoms with Crippen LogP contribution in [0.1, 0.15) is 17.4 Å². The maximum Gasteiger partial charge on any atom is 0.144 e. The first-order chi connectivity index (χ1) is 10.2. The van der Waals surface area contributed by atoms with Gasteiger partial charge in [0.05, 0.1) is 5.39 Å². The molecule has 4 nitrogen and oxygen atoms in total. The third-order valence-electron chi connectivity index (χ3n) is 3.60. The lowest BCUT2D eigenvalue weighted by molar-refractivity contribution is 1.03. The fraction of sp³-hybridized carbons (Fsp3) is 0.250. The Morgan fingerprint density at radius 2 is 2.05 bits per heavy atom. The molecule has 108 valence electrons. The van der Waals surface area contributed by atoms with Crippen molar-refractivity contribution in [2.75, 3.05) is 11.9 Å². The number of rotatable bonds is 4. The molecule has 0 unspecified atom stereocenters. The smallest absolute Gasteiger partial charge is 0.144 e. The van der Waals surface area contributed by atoms with Crippen molar-refractivity contribution in [2.45, 2.75) is 19.9 Å². The van der Waals surface area contributed by atoms with Crippen molar-refractivity contribution in [3.05, 3.63) is 47.1 Å². The van der Waals surface area contributed by atoms with Gasteiger partial charge >= 0.3 is 0 Å². The quantitative estimate of drug-likeness (QED) is 0.801. The average molecular weight is 298 g/mol. The summed E-state index contributed by atoms with van der Waals surface area (Å²) < 4.78 is 0. The van der Waals surface area contributed by atoms with Crippen molar-refractivity contribution in [1.82, 2.24) is 9.97 Å². The first-order valence-electron chi connectivity index (χ1n) is 6.99. The SMILES string of the molecule is CCc1cc2c(N(C)c3ccccc3CN)ncnc2s1. The Bertz CT molecular complexity index is 766. The van der Waals surface area contributed by atoms with Crippen LogP contribution in [0.15, 0.2) is 36.7 Å². The molecule has 2 heterocycles. The summed E-state index contributed by atoms with van der Waals surface area (Å²) >= 11 is 1.73. The third-order valence-corrected chi connectivity index (χ3v) is 4.79. The van der Waals surface area contributed by atoms with E-state index in [9.17, 15) is 0 Å². The lowest BCUT2D eigenvalue weighted by Crippen LogP contribution is -2.15. The van der Waals surface area contributed by atoms with Gasteiger partial charge in [0.15, 0.2) is 0 Å². The zero-order chi connectivity index (χ0) is 14.8. The zero-order valence-electron chi connectivity index (χ0n) is 12.2. The standard InChI is InChI=1S/C16H18N4S/c1-3-12-8-13-15(18-10-19-16(13)21-12)20(2)14-7-5-4-6-11(14)9-17/h4-8,10H,3,9,17H2,1-2H3. The number of hydrogen-bond donors (Lipinski definition) is 1. The molecule has 0 saturated carbocycles. The van der Waals surface area contributed by atoms with E-state index in [1.54, 1.807) is 17.7 Å². The van der Waals surface area contributed by atoms with Crippen molar-refractivity contribution in [1.29, 1.82) is 0 Å². The second-order valence-corrected chi connectivity index (χ2v) is 5.99. The highest BCUT2D eigenvalue weighted by Crippen LogP contribution is 2.34. The number of thiophene rings is 1. The molecule has 3 aromatic rings. The lowest BCUT2D eigenvalue weighted by Gasteiger charge is -2.21. The monoisotopic (exact) mass is 298 g/mol. The van der Waals surface area contributed by atoms with Crippen molar-refractivity contribution in [2.24, 2.45) is 5.73 Å². The van der Waals surface area contributed by atoms with Gasteiger partial charge in [-0.05, 0) is 24.1 Å². The summed E-state index contributed by atoms with van der Waals surface area (Å²) in [4.78, 5) is 13.3. The Hall–Kier alpha value is -1.98. The van der Waals surface area contributed by atoms with Gasteiger partial charge in [0.2, 0.25) is 0 Å². The van der Waals surface area contributed by atoms with Crippen molar-refractivity contribution < 1.29 is 0 Å². The van der Waals surface area contributed by atoms with Crippen LogP contribution >= 0.6 is 11.3 Å². The van der Waals surface area contributed by atoms with Crippen LogP contribution < -0.4 is 10.6 Å². The molecule has 3 rings (SSSR count). The average Bonchev–Trinajstić information content (AvgIpc) is 2.97. The highest BCUT2D eigenvalue weighted by atomic mass is 32.1. The first-order valence-corrected chi connectivity index (χ1v) is 7.81. The number of aryl methyl sites for hydroxylation is 1. The highest BCUT2D eigenvalue weighted by molar-refractivity contribution is 7.18. The van der Waals surface area contributed by atoms with Crippen LogP contribution in [0.4, 0.5) is 11.5 Å². The summed E-state index contributed by atoms with van der Waals surface area (Å²) in [5.74, 6) is 0.928. The van der Waals surface area contributed by atoms with Crippen LogP contribution in [0.2, 0.25) is 0 Å². The summed E-state index contributed by atoms with van der Waals surface area (Å²) in [5.41, 5.74) is 8.04. The number of para-hydroxylation sites is 1. The normalized spacial score (nSPS) is 11.0. The predicted octanol–water partition coefficient (Wildman–Crippen LogP) is 3.48. The Kier molecular flexibility index (Phi) is 3.86. The molecule has 2 N–H and O–H groups in total. The van der Waals surface area contributed by atoms with E-state index in [2.05, 4.69) is 40.0 Å². The summed E-state index contributed by atoms with van der Waals surface area (Å²) in [6.07, 6.45) is 2.65. The Labute approximate surface area is 128 Å². The molecule has 5 heteroatoms. The zero-order valence-corrected chi connectivity index (χ0v) is 13.0. The number of nitrogens with zero attached hydrogens (tertiary/aromatic N) is 3. The molecule has 0 spiro atoms. The van der Waals surface area contributed by atoms with Crippen LogP contribution in [0.25, 0.3) is 10.2 Å². The maximum atomic E-state index is 5.85. The van der Waals surface area contributed by atoms with E-state index in [0.717, 1.165) is 33.7 Å². The van der Waals surface area contributed by atoms with Gasteiger partial charge in [-0.2, -0.15) is 0 Å². The van der Waals surface area contributed by atoms with Crippen LogP contribution in [-0.4, -0.2) is 17.0 Å². The highest BCUT2D eigenvalue weighted by Gasteiger charge is 2.14. The van der Waals surface area contributed by atoms with E-state index in [1.165, 1.54) is 4.88 Å². The number of benzene rings is 1. The van der Waals surface area contributed by atoms with Crippen molar-refractivity contribution in [3.8, 4) is 0 Å². The molecule has 0 atom stereocenters. The van der Waals surface area contributed by atoms with E-state index in [4.69, 9.17) is 5.73 Å². The second-order valence-electron chi connectivity index (χ2n) is 4.87. The number of nitrogens with two attached hydrogens (primary N) is 1. The molecule has 0 amide bonds. The molecule has 21 heavy (non-hydrogen) atoms. The molecular formula is C16H18N4S. The molecule has 1 aromatic carbocycles. The van der Waals surface area contributed by atoms with Crippen LogP contribution in [0.5, 0.6) is 0 Å².